The fraction of sp³-hybridized carbons (Fsp3) is 0.455. The molecule has 0 amide bonds. The van der Waals surface area contributed by atoms with E-state index >= 15 is 0 Å². The summed E-state index contributed by atoms with van der Waals surface area (Å²) in [5, 5.41) is 3.34. The zero-order chi connectivity index (χ0) is 10.8. The highest BCUT2D eigenvalue weighted by Crippen LogP contribution is 2.32. The lowest BCUT2D eigenvalue weighted by atomic mass is 9.97. The van der Waals surface area contributed by atoms with Crippen LogP contribution < -0.4 is 10.1 Å². The summed E-state index contributed by atoms with van der Waals surface area (Å²) in [4.78, 5) is 0. The van der Waals surface area contributed by atoms with E-state index in [2.05, 4.69) is 5.32 Å². The molecule has 1 aromatic rings. The van der Waals surface area contributed by atoms with Gasteiger partial charge in [-0.2, -0.15) is 0 Å². The standard InChI is InChI=1S/C11H13ClFNO/c1-15-8-4-9(7-2-3-14-6-7)11(13)10(12)5-8/h4-5,7,14H,2-3,6H2,1H3. The van der Waals surface area contributed by atoms with E-state index in [-0.39, 0.29) is 16.8 Å². The molecule has 15 heavy (non-hydrogen) atoms. The molecule has 1 unspecified atom stereocenters. The van der Waals surface area contributed by atoms with Gasteiger partial charge in [0, 0.05) is 18.5 Å². The Kier molecular flexibility index (Phi) is 3.12. The maximum Gasteiger partial charge on any atom is 0.145 e. The second-order valence-corrected chi connectivity index (χ2v) is 4.11. The molecule has 0 spiro atoms. The fourth-order valence-electron chi connectivity index (χ4n) is 1.92. The van der Waals surface area contributed by atoms with Crippen molar-refractivity contribution in [2.75, 3.05) is 20.2 Å². The van der Waals surface area contributed by atoms with Crippen LogP contribution in [0.15, 0.2) is 12.1 Å². The van der Waals surface area contributed by atoms with Gasteiger partial charge in [-0.15, -0.1) is 0 Å². The lowest BCUT2D eigenvalue weighted by Crippen LogP contribution is -2.09. The molecule has 2 rings (SSSR count). The molecule has 4 heteroatoms. The molecule has 1 atom stereocenters. The van der Waals surface area contributed by atoms with Crippen LogP contribution in [0.3, 0.4) is 0 Å². The quantitative estimate of drug-likeness (QED) is 0.842. The lowest BCUT2D eigenvalue weighted by Gasteiger charge is -2.12. The monoisotopic (exact) mass is 229 g/mol. The van der Waals surface area contributed by atoms with Crippen LogP contribution in [0.4, 0.5) is 4.39 Å². The van der Waals surface area contributed by atoms with E-state index in [4.69, 9.17) is 16.3 Å². The first-order valence-corrected chi connectivity index (χ1v) is 5.34. The third-order valence-electron chi connectivity index (χ3n) is 2.77. The molecule has 82 valence electrons. The van der Waals surface area contributed by atoms with E-state index < -0.39 is 0 Å². The average Bonchev–Trinajstić information content (AvgIpc) is 2.75. The Morgan fingerprint density at radius 1 is 1.53 bits per heavy atom. The second-order valence-electron chi connectivity index (χ2n) is 3.70. The van der Waals surface area contributed by atoms with Gasteiger partial charge in [-0.1, -0.05) is 11.6 Å². The Balaban J connectivity index is 2.39. The summed E-state index contributed by atoms with van der Waals surface area (Å²) in [6.07, 6.45) is 0.945. The number of benzene rings is 1. The molecule has 1 aliphatic rings. The van der Waals surface area contributed by atoms with Gasteiger partial charge in [0.05, 0.1) is 12.1 Å². The first kappa shape index (κ1) is 10.7. The Hall–Kier alpha value is -0.800. The minimum Gasteiger partial charge on any atom is -0.497 e. The Morgan fingerprint density at radius 3 is 2.93 bits per heavy atom. The molecule has 1 N–H and O–H groups in total. The molecule has 1 heterocycles. The van der Waals surface area contributed by atoms with Crippen LogP contribution in [0.25, 0.3) is 0 Å². The maximum atomic E-state index is 13.8. The van der Waals surface area contributed by atoms with Crippen molar-refractivity contribution in [3.63, 3.8) is 0 Å². The van der Waals surface area contributed by atoms with E-state index in [1.807, 2.05) is 0 Å². The summed E-state index contributed by atoms with van der Waals surface area (Å²) in [5.41, 5.74) is 0.657. The maximum absolute atomic E-state index is 13.8. The number of hydrogen-bond acceptors (Lipinski definition) is 2. The van der Waals surface area contributed by atoms with Crippen LogP contribution in [0.2, 0.25) is 5.02 Å². The molecule has 2 nitrogen and oxygen atoms in total. The summed E-state index contributed by atoms with van der Waals surface area (Å²) < 4.78 is 18.8. The van der Waals surface area contributed by atoms with Crippen molar-refractivity contribution in [3.05, 3.63) is 28.5 Å². The van der Waals surface area contributed by atoms with Gasteiger partial charge in [-0.3, -0.25) is 0 Å². The Bertz CT molecular complexity index is 364. The average molecular weight is 230 g/mol. The topological polar surface area (TPSA) is 21.3 Å². The molecule has 0 aromatic heterocycles. The van der Waals surface area contributed by atoms with Crippen LogP contribution in [0.5, 0.6) is 5.75 Å². The van der Waals surface area contributed by atoms with Crippen LogP contribution in [0.1, 0.15) is 17.9 Å². The zero-order valence-electron chi connectivity index (χ0n) is 8.52. The number of rotatable bonds is 2. The van der Waals surface area contributed by atoms with Crippen molar-refractivity contribution in [2.24, 2.45) is 0 Å². The van der Waals surface area contributed by atoms with Gasteiger partial charge < -0.3 is 10.1 Å². The molecule has 1 aliphatic heterocycles. The van der Waals surface area contributed by atoms with Gasteiger partial charge in [0.25, 0.3) is 0 Å². The minimum absolute atomic E-state index is 0.135. The molecule has 1 saturated heterocycles. The summed E-state index contributed by atoms with van der Waals surface area (Å²) in [6.45, 7) is 1.74. The van der Waals surface area contributed by atoms with Crippen molar-refractivity contribution in [2.45, 2.75) is 12.3 Å². The van der Waals surface area contributed by atoms with Gasteiger partial charge >= 0.3 is 0 Å². The number of halogens is 2. The SMILES string of the molecule is COc1cc(Cl)c(F)c(C2CCNC2)c1. The van der Waals surface area contributed by atoms with E-state index in [0.29, 0.717) is 11.3 Å². The molecule has 0 radical (unpaired) electrons. The van der Waals surface area contributed by atoms with Gasteiger partial charge in [-0.05, 0) is 24.6 Å². The Labute approximate surface area is 93.4 Å². The zero-order valence-corrected chi connectivity index (χ0v) is 9.27. The van der Waals surface area contributed by atoms with Crippen molar-refractivity contribution >= 4 is 11.6 Å². The van der Waals surface area contributed by atoms with Gasteiger partial charge in [0.1, 0.15) is 11.6 Å². The predicted octanol–water partition coefficient (Wildman–Crippen LogP) is 2.56. The molecule has 0 saturated carbocycles. The lowest BCUT2D eigenvalue weighted by molar-refractivity contribution is 0.412. The van der Waals surface area contributed by atoms with Crippen LogP contribution in [0, 0.1) is 5.82 Å². The third-order valence-corrected chi connectivity index (χ3v) is 3.04. The van der Waals surface area contributed by atoms with Crippen LogP contribution in [-0.2, 0) is 0 Å². The summed E-state index contributed by atoms with van der Waals surface area (Å²) in [7, 11) is 1.56. The summed E-state index contributed by atoms with van der Waals surface area (Å²) in [6, 6.07) is 3.24. The summed E-state index contributed by atoms with van der Waals surface area (Å²) in [5.74, 6) is 0.507. The molecular formula is C11H13ClFNO. The third kappa shape index (κ3) is 2.08. The molecule has 1 fully saturated rings. The molecule has 0 aliphatic carbocycles. The number of hydrogen-bond donors (Lipinski definition) is 1. The van der Waals surface area contributed by atoms with Crippen molar-refractivity contribution in [1.29, 1.82) is 0 Å². The highest BCUT2D eigenvalue weighted by Gasteiger charge is 2.22. The minimum atomic E-state index is -0.314. The first-order valence-electron chi connectivity index (χ1n) is 4.96. The predicted molar refractivity (Wildman–Crippen MR) is 58.2 cm³/mol. The first-order chi connectivity index (χ1) is 7.22. The van der Waals surface area contributed by atoms with Crippen LogP contribution in [-0.4, -0.2) is 20.2 Å². The summed E-state index contributed by atoms with van der Waals surface area (Å²) >= 11 is 5.80. The molecule has 1 aromatic carbocycles. The van der Waals surface area contributed by atoms with E-state index in [0.717, 1.165) is 19.5 Å². The number of ether oxygens (including phenoxy) is 1. The number of methoxy groups -OCH3 is 1. The van der Waals surface area contributed by atoms with E-state index in [9.17, 15) is 4.39 Å². The van der Waals surface area contributed by atoms with Gasteiger partial charge in [0.2, 0.25) is 0 Å². The highest BCUT2D eigenvalue weighted by molar-refractivity contribution is 6.31. The van der Waals surface area contributed by atoms with Gasteiger partial charge in [-0.25, -0.2) is 4.39 Å². The van der Waals surface area contributed by atoms with E-state index in [1.54, 1.807) is 13.2 Å². The highest BCUT2D eigenvalue weighted by atomic mass is 35.5. The molecular weight excluding hydrogens is 217 g/mol. The van der Waals surface area contributed by atoms with Crippen molar-refractivity contribution in [3.8, 4) is 5.75 Å². The smallest absolute Gasteiger partial charge is 0.145 e. The largest absolute Gasteiger partial charge is 0.497 e. The normalized spacial score (nSPS) is 20.6. The van der Waals surface area contributed by atoms with Crippen LogP contribution >= 0.6 is 11.6 Å². The van der Waals surface area contributed by atoms with Gasteiger partial charge in [0.15, 0.2) is 0 Å². The Morgan fingerprint density at radius 2 is 2.33 bits per heavy atom. The van der Waals surface area contributed by atoms with Crippen molar-refractivity contribution < 1.29 is 9.13 Å². The second kappa shape index (κ2) is 4.37. The fourth-order valence-corrected chi connectivity index (χ4v) is 2.14. The molecule has 0 bridgehead atoms. The number of nitrogens with one attached hydrogen (secondary N) is 1. The van der Waals surface area contributed by atoms with E-state index in [1.165, 1.54) is 6.07 Å². The van der Waals surface area contributed by atoms with Crippen molar-refractivity contribution in [1.82, 2.24) is 5.32 Å².